The van der Waals surface area contributed by atoms with Gasteiger partial charge in [-0.2, -0.15) is 0 Å². The third-order valence-corrected chi connectivity index (χ3v) is 11.9. The molecule has 0 unspecified atom stereocenters. The zero-order valence-electron chi connectivity index (χ0n) is 17.1. The highest BCUT2D eigenvalue weighted by molar-refractivity contribution is 6.83. The van der Waals surface area contributed by atoms with Crippen molar-refractivity contribution in [2.24, 2.45) is 0 Å². The van der Waals surface area contributed by atoms with Crippen LogP contribution in [0.4, 0.5) is 0 Å². The van der Waals surface area contributed by atoms with Gasteiger partial charge in [-0.05, 0) is 49.5 Å². The quantitative estimate of drug-likeness (QED) is 0.279. The average molecular weight is 363 g/mol. The molecule has 1 nitrogen and oxygen atoms in total. The smallest absolute Gasteiger partial charge is 0.184 e. The molecule has 1 aromatic carbocycles. The third-order valence-electron chi connectivity index (χ3n) is 5.11. The topological polar surface area (TPSA) is 9.23 Å². The number of hydrogen-bond acceptors (Lipinski definition) is 1. The summed E-state index contributed by atoms with van der Waals surface area (Å²) in [5.74, 6) is 0. The maximum absolute atomic E-state index is 6.61. The van der Waals surface area contributed by atoms with Crippen molar-refractivity contribution in [2.45, 2.75) is 83.5 Å². The van der Waals surface area contributed by atoms with E-state index < -0.39 is 16.4 Å². The lowest BCUT2D eigenvalue weighted by molar-refractivity contribution is 0.300. The molecule has 0 heterocycles. The second-order valence-corrected chi connectivity index (χ2v) is 19.4. The van der Waals surface area contributed by atoms with Crippen molar-refractivity contribution in [3.63, 3.8) is 0 Å². The molecule has 0 aliphatic rings. The van der Waals surface area contributed by atoms with Crippen LogP contribution in [-0.4, -0.2) is 22.1 Å². The van der Waals surface area contributed by atoms with Crippen molar-refractivity contribution in [1.82, 2.24) is 0 Å². The average Bonchev–Trinajstić information content (AvgIpc) is 2.44. The monoisotopic (exact) mass is 362 g/mol. The molecule has 0 amide bonds. The Labute approximate surface area is 152 Å². The lowest BCUT2D eigenvalue weighted by atomic mass is 10.1. The minimum atomic E-state index is -1.55. The molecule has 0 aliphatic carbocycles. The van der Waals surface area contributed by atoms with E-state index in [2.05, 4.69) is 96.0 Å². The Morgan fingerprint density at radius 3 is 2.08 bits per heavy atom. The fourth-order valence-corrected chi connectivity index (χ4v) is 7.07. The first-order valence-corrected chi connectivity index (χ1v) is 15.8. The minimum absolute atomic E-state index is 0.320. The second-order valence-electron chi connectivity index (χ2n) is 9.43. The predicted octanol–water partition coefficient (Wildman–Crippen LogP) is 6.83. The van der Waals surface area contributed by atoms with Crippen molar-refractivity contribution >= 4 is 16.4 Å². The van der Waals surface area contributed by atoms with Crippen molar-refractivity contribution < 1.29 is 4.43 Å². The van der Waals surface area contributed by atoms with Crippen molar-refractivity contribution in [2.75, 3.05) is 0 Å². The second kappa shape index (κ2) is 8.64. The number of allylic oxidation sites excluding steroid dienone is 1. The van der Waals surface area contributed by atoms with Crippen LogP contribution in [-0.2, 0) is 10.8 Å². The molecule has 3 heteroatoms. The van der Waals surface area contributed by atoms with Crippen LogP contribution in [0, 0.1) is 0 Å². The van der Waals surface area contributed by atoms with Crippen LogP contribution in [0.5, 0.6) is 0 Å². The van der Waals surface area contributed by atoms with Crippen LogP contribution in [0.25, 0.3) is 0 Å². The van der Waals surface area contributed by atoms with Crippen LogP contribution >= 0.6 is 0 Å². The van der Waals surface area contributed by atoms with Gasteiger partial charge in [-0.15, -0.1) is 0 Å². The normalized spacial score (nSPS) is 15.0. The molecule has 0 fully saturated rings. The standard InChI is InChI=1S/C21H38OSi2/c1-21(2,3)24(7,8)20(22-23(4,5)6)18-14-10-13-17-19-15-11-9-12-16-19/h9,11-12,14-16,18,20H,10,13,17H2,1-8H3/b18-14+/t20-/m1/s1. The predicted molar refractivity (Wildman–Crippen MR) is 114 cm³/mol. The molecular weight excluding hydrogens is 324 g/mol. The Morgan fingerprint density at radius 2 is 1.58 bits per heavy atom. The number of benzene rings is 1. The van der Waals surface area contributed by atoms with Gasteiger partial charge >= 0.3 is 0 Å². The van der Waals surface area contributed by atoms with Crippen LogP contribution in [0.2, 0.25) is 37.8 Å². The molecule has 0 N–H and O–H groups in total. The highest BCUT2D eigenvalue weighted by Gasteiger charge is 2.43. The fraction of sp³-hybridized carbons (Fsp3) is 0.619. The summed E-state index contributed by atoms with van der Waals surface area (Å²) in [7, 11) is -3.09. The molecule has 0 bridgehead atoms. The summed E-state index contributed by atoms with van der Waals surface area (Å²) in [4.78, 5) is 0. The van der Waals surface area contributed by atoms with Gasteiger partial charge in [0.1, 0.15) is 0 Å². The number of unbranched alkanes of at least 4 members (excludes halogenated alkanes) is 1. The van der Waals surface area contributed by atoms with E-state index >= 15 is 0 Å². The van der Waals surface area contributed by atoms with Gasteiger partial charge in [0.05, 0.1) is 13.8 Å². The van der Waals surface area contributed by atoms with Gasteiger partial charge < -0.3 is 4.43 Å². The Balaban J connectivity index is 2.67. The van der Waals surface area contributed by atoms with Gasteiger partial charge in [-0.1, -0.05) is 76.3 Å². The lowest BCUT2D eigenvalue weighted by Crippen LogP contribution is -2.53. The zero-order chi connectivity index (χ0) is 18.4. The van der Waals surface area contributed by atoms with Gasteiger partial charge in [-0.3, -0.25) is 0 Å². The summed E-state index contributed by atoms with van der Waals surface area (Å²) in [6, 6.07) is 10.8. The van der Waals surface area contributed by atoms with E-state index in [-0.39, 0.29) is 0 Å². The third kappa shape index (κ3) is 7.08. The maximum atomic E-state index is 6.61. The largest absolute Gasteiger partial charge is 0.414 e. The highest BCUT2D eigenvalue weighted by Crippen LogP contribution is 2.40. The molecule has 24 heavy (non-hydrogen) atoms. The first kappa shape index (κ1) is 21.4. The summed E-state index contributed by atoms with van der Waals surface area (Å²) in [6.07, 6.45) is 8.26. The number of hydrogen-bond donors (Lipinski definition) is 0. The first-order valence-electron chi connectivity index (χ1n) is 9.32. The Morgan fingerprint density at radius 1 is 1.00 bits per heavy atom. The molecule has 0 aromatic heterocycles. The van der Waals surface area contributed by atoms with Crippen LogP contribution < -0.4 is 0 Å². The molecule has 1 rings (SSSR count). The number of aryl methyl sites for hydroxylation is 1. The Bertz CT molecular complexity index is 507. The van der Waals surface area contributed by atoms with E-state index in [1.807, 2.05) is 0 Å². The van der Waals surface area contributed by atoms with Gasteiger partial charge in [0.25, 0.3) is 0 Å². The van der Waals surface area contributed by atoms with Gasteiger partial charge in [0.15, 0.2) is 8.32 Å². The molecule has 1 aromatic rings. The van der Waals surface area contributed by atoms with E-state index in [4.69, 9.17) is 4.43 Å². The van der Waals surface area contributed by atoms with Crippen LogP contribution in [0.1, 0.15) is 39.2 Å². The van der Waals surface area contributed by atoms with Gasteiger partial charge in [-0.25, -0.2) is 0 Å². The molecule has 136 valence electrons. The molecular formula is C21H38OSi2. The summed E-state index contributed by atoms with van der Waals surface area (Å²) in [5.41, 5.74) is 1.76. The fourth-order valence-electron chi connectivity index (χ4n) is 2.52. The molecule has 1 atom stereocenters. The van der Waals surface area contributed by atoms with Crippen molar-refractivity contribution in [1.29, 1.82) is 0 Å². The molecule has 0 saturated heterocycles. The van der Waals surface area contributed by atoms with E-state index in [1.165, 1.54) is 12.0 Å². The molecule has 0 radical (unpaired) electrons. The summed E-state index contributed by atoms with van der Waals surface area (Å²) in [6.45, 7) is 19.0. The van der Waals surface area contributed by atoms with Crippen LogP contribution in [0.15, 0.2) is 42.5 Å². The zero-order valence-corrected chi connectivity index (χ0v) is 19.1. The summed E-state index contributed by atoms with van der Waals surface area (Å²) >= 11 is 0. The van der Waals surface area contributed by atoms with Crippen molar-refractivity contribution in [3.05, 3.63) is 48.0 Å². The van der Waals surface area contributed by atoms with Gasteiger partial charge in [0, 0.05) is 0 Å². The summed E-state index contributed by atoms with van der Waals surface area (Å²) in [5, 5.41) is 0.339. The van der Waals surface area contributed by atoms with E-state index in [0.29, 0.717) is 10.8 Å². The maximum Gasteiger partial charge on any atom is 0.184 e. The van der Waals surface area contributed by atoms with E-state index in [9.17, 15) is 0 Å². The highest BCUT2D eigenvalue weighted by atomic mass is 28.4. The van der Waals surface area contributed by atoms with E-state index in [0.717, 1.165) is 12.8 Å². The Kier molecular flexibility index (Phi) is 7.70. The summed E-state index contributed by atoms with van der Waals surface area (Å²) < 4.78 is 6.61. The Hall–Kier alpha value is -0.646. The SMILES string of the molecule is CC(C)(C)[Si](C)(C)[C@H](/C=C/CCCc1ccccc1)O[Si](C)(C)C. The number of rotatable bonds is 8. The van der Waals surface area contributed by atoms with Crippen molar-refractivity contribution in [3.8, 4) is 0 Å². The molecule has 0 spiro atoms. The molecule has 0 aliphatic heterocycles. The lowest BCUT2D eigenvalue weighted by Gasteiger charge is -2.44. The van der Waals surface area contributed by atoms with E-state index in [1.54, 1.807) is 0 Å². The van der Waals surface area contributed by atoms with Gasteiger partial charge in [0.2, 0.25) is 0 Å². The molecule has 0 saturated carbocycles. The minimum Gasteiger partial charge on any atom is -0.414 e. The first-order chi connectivity index (χ1) is 10.9. The van der Waals surface area contributed by atoms with Crippen LogP contribution in [0.3, 0.4) is 0 Å².